The second-order valence-electron chi connectivity index (χ2n) is 7.51. The molecule has 0 amide bonds. The Morgan fingerprint density at radius 3 is 2.89 bits per heavy atom. The first-order chi connectivity index (χ1) is 13.5. The highest BCUT2D eigenvalue weighted by Gasteiger charge is 2.46. The van der Waals surface area contributed by atoms with Gasteiger partial charge in [0.1, 0.15) is 5.54 Å². The molecule has 1 heterocycles. The number of aromatic amines is 1. The van der Waals surface area contributed by atoms with Crippen molar-refractivity contribution >= 4 is 6.21 Å². The Bertz CT molecular complexity index is 1080. The van der Waals surface area contributed by atoms with Crippen LogP contribution >= 0.6 is 0 Å². The van der Waals surface area contributed by atoms with Gasteiger partial charge in [0.15, 0.2) is 11.5 Å². The molecule has 2 bridgehead atoms. The van der Waals surface area contributed by atoms with Crippen LogP contribution in [0.15, 0.2) is 63.4 Å². The number of phenolic OH excluding ortho intramolecular Hbond substituents is 1. The summed E-state index contributed by atoms with van der Waals surface area (Å²) in [4.78, 5) is 20.0. The Balaban J connectivity index is 1.88. The monoisotopic (exact) mass is 376 g/mol. The van der Waals surface area contributed by atoms with Crippen molar-refractivity contribution in [3.63, 3.8) is 0 Å². The quantitative estimate of drug-likeness (QED) is 0.631. The second-order valence-corrected chi connectivity index (χ2v) is 7.51. The molecule has 5 heteroatoms. The van der Waals surface area contributed by atoms with Gasteiger partial charge in [-0.1, -0.05) is 17.7 Å². The van der Waals surface area contributed by atoms with Gasteiger partial charge >= 0.3 is 0 Å². The molecule has 4 rings (SSSR count). The van der Waals surface area contributed by atoms with E-state index in [9.17, 15) is 9.90 Å². The normalized spacial score (nSPS) is 24.9. The van der Waals surface area contributed by atoms with Crippen LogP contribution in [-0.4, -0.2) is 23.4 Å². The zero-order valence-corrected chi connectivity index (χ0v) is 16.3. The van der Waals surface area contributed by atoms with E-state index in [2.05, 4.69) is 31.0 Å². The van der Waals surface area contributed by atoms with Gasteiger partial charge in [-0.05, 0) is 55.7 Å². The SMILES string of the molecule is C/C=C1\C2C=C(C)C[C@@]1(N=Cc1ccc(O)c(OC)c1)c1ccc(=O)[nH]c1C2. The number of hydrogen-bond donors (Lipinski definition) is 2. The van der Waals surface area contributed by atoms with Crippen LogP contribution in [0.3, 0.4) is 0 Å². The molecule has 1 aromatic heterocycles. The number of rotatable bonds is 3. The third kappa shape index (κ3) is 2.87. The maximum Gasteiger partial charge on any atom is 0.248 e. The Kier molecular flexibility index (Phi) is 4.46. The Hall–Kier alpha value is -3.08. The number of nitrogens with zero attached hydrogens (tertiary/aromatic N) is 1. The number of ether oxygens (including phenoxy) is 1. The van der Waals surface area contributed by atoms with Crippen LogP contribution in [0.1, 0.15) is 37.1 Å². The van der Waals surface area contributed by atoms with Gasteiger partial charge in [-0.15, -0.1) is 0 Å². The van der Waals surface area contributed by atoms with Crippen LogP contribution in [-0.2, 0) is 12.0 Å². The summed E-state index contributed by atoms with van der Waals surface area (Å²) in [6, 6.07) is 8.69. The van der Waals surface area contributed by atoms with E-state index in [0.717, 1.165) is 29.7 Å². The van der Waals surface area contributed by atoms with Crippen molar-refractivity contribution in [2.24, 2.45) is 10.9 Å². The van der Waals surface area contributed by atoms with Gasteiger partial charge in [-0.2, -0.15) is 0 Å². The summed E-state index contributed by atoms with van der Waals surface area (Å²) in [6.07, 6.45) is 7.85. The van der Waals surface area contributed by atoms with Gasteiger partial charge in [0.05, 0.1) is 7.11 Å². The molecule has 2 aliphatic rings. The van der Waals surface area contributed by atoms with Gasteiger partial charge in [-0.3, -0.25) is 9.79 Å². The Labute approximate surface area is 164 Å². The molecule has 0 spiro atoms. The molecule has 144 valence electrons. The molecule has 5 nitrogen and oxygen atoms in total. The molecule has 2 aromatic rings. The lowest BCUT2D eigenvalue weighted by molar-refractivity contribution is 0.373. The molecule has 0 aliphatic heterocycles. The standard InChI is InChI=1S/C23H24N2O3/c1-4-17-16-9-14(2)12-23(17,18-6-8-22(27)25-19(18)11-16)24-13-15-5-7-20(26)21(10-15)28-3/h4-10,13,16,26H,11-12H2,1-3H3,(H,25,27)/b17-4+,24-13?/t16?,23-/m0/s1. The maximum absolute atomic E-state index is 11.9. The van der Waals surface area contributed by atoms with Crippen LogP contribution in [0, 0.1) is 5.92 Å². The number of H-pyrrole nitrogens is 1. The number of hydrogen-bond acceptors (Lipinski definition) is 4. The third-order valence-corrected chi connectivity index (χ3v) is 5.72. The summed E-state index contributed by atoms with van der Waals surface area (Å²) in [7, 11) is 1.53. The lowest BCUT2D eigenvalue weighted by Crippen LogP contribution is -2.40. The van der Waals surface area contributed by atoms with Gasteiger partial charge in [0, 0.05) is 35.9 Å². The van der Waals surface area contributed by atoms with Gasteiger partial charge in [-0.25, -0.2) is 0 Å². The molecule has 28 heavy (non-hydrogen) atoms. The summed E-state index contributed by atoms with van der Waals surface area (Å²) in [5.74, 6) is 0.749. The fraction of sp³-hybridized carbons (Fsp3) is 0.304. The molecule has 1 unspecified atom stereocenters. The van der Waals surface area contributed by atoms with E-state index in [1.807, 2.05) is 18.3 Å². The highest BCUT2D eigenvalue weighted by Crippen LogP contribution is 2.51. The molecular weight excluding hydrogens is 352 g/mol. The van der Waals surface area contributed by atoms with Crippen LogP contribution in [0.5, 0.6) is 11.5 Å². The number of nitrogens with one attached hydrogen (secondary N) is 1. The van der Waals surface area contributed by atoms with E-state index >= 15 is 0 Å². The molecule has 1 aromatic carbocycles. The average molecular weight is 376 g/mol. The largest absolute Gasteiger partial charge is 0.504 e. The predicted octanol–water partition coefficient (Wildman–Crippen LogP) is 3.87. The van der Waals surface area contributed by atoms with E-state index in [0.29, 0.717) is 5.75 Å². The number of aromatic hydroxyl groups is 1. The minimum absolute atomic E-state index is 0.0798. The Morgan fingerprint density at radius 2 is 2.14 bits per heavy atom. The van der Waals surface area contributed by atoms with E-state index in [1.165, 1.54) is 18.3 Å². The van der Waals surface area contributed by atoms with Gasteiger partial charge in [0.25, 0.3) is 0 Å². The van der Waals surface area contributed by atoms with Crippen molar-refractivity contribution in [3.8, 4) is 11.5 Å². The number of methoxy groups -OCH3 is 1. The maximum atomic E-state index is 11.9. The molecule has 0 radical (unpaired) electrons. The molecule has 0 fully saturated rings. The van der Waals surface area contributed by atoms with Crippen LogP contribution < -0.4 is 10.3 Å². The number of pyridine rings is 1. The van der Waals surface area contributed by atoms with E-state index in [4.69, 9.17) is 9.73 Å². The first-order valence-electron chi connectivity index (χ1n) is 9.45. The van der Waals surface area contributed by atoms with Crippen molar-refractivity contribution in [3.05, 3.63) is 80.8 Å². The van der Waals surface area contributed by atoms with Crippen molar-refractivity contribution in [2.45, 2.75) is 32.2 Å². The summed E-state index contributed by atoms with van der Waals surface area (Å²) in [6.45, 7) is 4.20. The highest BCUT2D eigenvalue weighted by atomic mass is 16.5. The minimum atomic E-state index is -0.527. The molecule has 0 saturated carbocycles. The van der Waals surface area contributed by atoms with Crippen molar-refractivity contribution in [1.29, 1.82) is 0 Å². The Morgan fingerprint density at radius 1 is 1.32 bits per heavy atom. The van der Waals surface area contributed by atoms with E-state index in [-0.39, 0.29) is 17.2 Å². The highest BCUT2D eigenvalue weighted by molar-refractivity contribution is 5.82. The topological polar surface area (TPSA) is 74.7 Å². The predicted molar refractivity (Wildman–Crippen MR) is 110 cm³/mol. The van der Waals surface area contributed by atoms with E-state index < -0.39 is 5.54 Å². The smallest absolute Gasteiger partial charge is 0.248 e. The minimum Gasteiger partial charge on any atom is -0.504 e. The fourth-order valence-electron chi connectivity index (χ4n) is 4.61. The second kappa shape index (κ2) is 6.82. The lowest BCUT2D eigenvalue weighted by Gasteiger charge is -2.45. The lowest BCUT2D eigenvalue weighted by atomic mass is 9.63. The zero-order chi connectivity index (χ0) is 19.9. The van der Waals surface area contributed by atoms with Gasteiger partial charge < -0.3 is 14.8 Å². The summed E-state index contributed by atoms with van der Waals surface area (Å²) >= 11 is 0. The van der Waals surface area contributed by atoms with Crippen molar-refractivity contribution < 1.29 is 9.84 Å². The van der Waals surface area contributed by atoms with Crippen molar-refractivity contribution in [2.75, 3.05) is 7.11 Å². The number of allylic oxidation sites excluding steroid dienone is 2. The number of aromatic nitrogens is 1. The fourth-order valence-corrected chi connectivity index (χ4v) is 4.61. The number of phenols is 1. The van der Waals surface area contributed by atoms with Crippen LogP contribution in [0.25, 0.3) is 0 Å². The van der Waals surface area contributed by atoms with E-state index in [1.54, 1.807) is 18.2 Å². The third-order valence-electron chi connectivity index (χ3n) is 5.72. The summed E-state index contributed by atoms with van der Waals surface area (Å²) < 4.78 is 5.21. The molecule has 0 saturated heterocycles. The number of benzene rings is 1. The number of aliphatic imine (C=N–C) groups is 1. The molecule has 2 aliphatic carbocycles. The number of fused-ring (bicyclic) bond motifs is 4. The molecular formula is C23H24N2O3. The van der Waals surface area contributed by atoms with Gasteiger partial charge in [0.2, 0.25) is 5.56 Å². The first kappa shape index (κ1) is 18.3. The summed E-state index contributed by atoms with van der Waals surface area (Å²) in [5, 5.41) is 9.84. The van der Waals surface area contributed by atoms with Crippen LogP contribution in [0.2, 0.25) is 0 Å². The molecule has 2 N–H and O–H groups in total. The first-order valence-corrected chi connectivity index (χ1v) is 9.45. The zero-order valence-electron chi connectivity index (χ0n) is 16.3. The average Bonchev–Trinajstić information content (AvgIpc) is 2.66. The van der Waals surface area contributed by atoms with Crippen LogP contribution in [0.4, 0.5) is 0 Å². The van der Waals surface area contributed by atoms with Crippen molar-refractivity contribution in [1.82, 2.24) is 4.98 Å². The summed E-state index contributed by atoms with van der Waals surface area (Å²) in [5.41, 5.74) is 4.83. The molecule has 2 atom stereocenters.